The van der Waals surface area contributed by atoms with Crippen LogP contribution < -0.4 is 4.90 Å². The number of para-hydroxylation sites is 2. The van der Waals surface area contributed by atoms with E-state index in [-0.39, 0.29) is 0 Å². The van der Waals surface area contributed by atoms with Crippen molar-refractivity contribution in [2.24, 2.45) is 0 Å². The van der Waals surface area contributed by atoms with E-state index < -0.39 is 0 Å². The molecule has 0 N–H and O–H groups in total. The molecule has 244 valence electrons. The lowest BCUT2D eigenvalue weighted by Crippen LogP contribution is -2.10. The molecule has 0 aliphatic carbocycles. The summed E-state index contributed by atoms with van der Waals surface area (Å²) in [5, 5.41) is 7.04. The number of hydrogen-bond acceptors (Lipinski definition) is 2. The second-order valence-corrected chi connectivity index (χ2v) is 13.3. The molecular formula is C50H33NO. The Hall–Kier alpha value is -6.90. The minimum Gasteiger partial charge on any atom is -0.455 e. The molecular weight excluding hydrogens is 631 g/mol. The van der Waals surface area contributed by atoms with Crippen molar-refractivity contribution in [3.05, 3.63) is 200 Å². The third-order valence-electron chi connectivity index (χ3n) is 10.2. The van der Waals surface area contributed by atoms with Crippen molar-refractivity contribution in [2.75, 3.05) is 4.90 Å². The fraction of sp³-hybridized carbons (Fsp3) is 0. The van der Waals surface area contributed by atoms with Gasteiger partial charge in [0, 0.05) is 38.8 Å². The van der Waals surface area contributed by atoms with Crippen LogP contribution in [0.25, 0.3) is 76.9 Å². The summed E-state index contributed by atoms with van der Waals surface area (Å²) in [6.07, 6.45) is 0. The highest BCUT2D eigenvalue weighted by atomic mass is 16.3. The number of furan rings is 1. The minimum absolute atomic E-state index is 0.911. The molecule has 1 heterocycles. The number of nitrogens with zero attached hydrogens (tertiary/aromatic N) is 1. The standard InChI is InChI=1S/C50H33NO/c1-4-13-34(14-5-1)39-31-40(35-15-6-2-7-16-35)33-43(32-39)51(41-18-8-3-9-19-41)42-28-25-37(26-29-42)45-21-12-22-46-47-30-27-38-24-23-36-17-10-11-20-44(36)48(38)50(47)52-49(45)46/h1-33H. The third kappa shape index (κ3) is 5.12. The predicted molar refractivity (Wildman–Crippen MR) is 220 cm³/mol. The molecule has 2 heteroatoms. The predicted octanol–water partition coefficient (Wildman–Crippen LogP) is 14.4. The maximum Gasteiger partial charge on any atom is 0.143 e. The van der Waals surface area contributed by atoms with Gasteiger partial charge in [0.2, 0.25) is 0 Å². The van der Waals surface area contributed by atoms with E-state index in [9.17, 15) is 0 Å². The zero-order valence-corrected chi connectivity index (χ0v) is 28.4. The maximum atomic E-state index is 6.88. The van der Waals surface area contributed by atoms with E-state index in [1.165, 1.54) is 43.8 Å². The first-order valence-electron chi connectivity index (χ1n) is 17.8. The van der Waals surface area contributed by atoms with Gasteiger partial charge in [0.1, 0.15) is 11.2 Å². The van der Waals surface area contributed by atoms with Crippen LogP contribution in [0.3, 0.4) is 0 Å². The van der Waals surface area contributed by atoms with Crippen molar-refractivity contribution in [1.29, 1.82) is 0 Å². The lowest BCUT2D eigenvalue weighted by atomic mass is 9.97. The van der Waals surface area contributed by atoms with Crippen LogP contribution in [-0.4, -0.2) is 0 Å². The molecule has 10 aromatic rings. The Morgan fingerprint density at radius 1 is 0.308 bits per heavy atom. The monoisotopic (exact) mass is 663 g/mol. The summed E-state index contributed by atoms with van der Waals surface area (Å²) in [7, 11) is 0. The Kier molecular flexibility index (Phi) is 7.18. The summed E-state index contributed by atoms with van der Waals surface area (Å²) < 4.78 is 6.88. The molecule has 0 spiro atoms. The summed E-state index contributed by atoms with van der Waals surface area (Å²) in [5.41, 5.74) is 12.0. The summed E-state index contributed by atoms with van der Waals surface area (Å²) in [4.78, 5) is 2.35. The van der Waals surface area contributed by atoms with E-state index in [1.807, 2.05) is 0 Å². The topological polar surface area (TPSA) is 16.4 Å². The fourth-order valence-corrected chi connectivity index (χ4v) is 7.72. The largest absolute Gasteiger partial charge is 0.455 e. The molecule has 0 radical (unpaired) electrons. The van der Waals surface area contributed by atoms with Gasteiger partial charge in [-0.05, 0) is 92.5 Å². The van der Waals surface area contributed by atoms with E-state index in [4.69, 9.17) is 4.42 Å². The first-order valence-corrected chi connectivity index (χ1v) is 17.8. The van der Waals surface area contributed by atoms with Crippen LogP contribution in [0.1, 0.15) is 0 Å². The molecule has 2 nitrogen and oxygen atoms in total. The molecule has 0 fully saturated rings. The van der Waals surface area contributed by atoms with Gasteiger partial charge in [-0.25, -0.2) is 0 Å². The van der Waals surface area contributed by atoms with Crippen molar-refractivity contribution in [2.45, 2.75) is 0 Å². The Bertz CT molecular complexity index is 2820. The van der Waals surface area contributed by atoms with Crippen LogP contribution in [0.4, 0.5) is 17.1 Å². The zero-order chi connectivity index (χ0) is 34.4. The first-order chi connectivity index (χ1) is 25.8. The van der Waals surface area contributed by atoms with Gasteiger partial charge in [0.05, 0.1) is 0 Å². The molecule has 0 saturated heterocycles. The average Bonchev–Trinajstić information content (AvgIpc) is 3.61. The highest BCUT2D eigenvalue weighted by Gasteiger charge is 2.18. The van der Waals surface area contributed by atoms with Crippen molar-refractivity contribution in [1.82, 2.24) is 0 Å². The molecule has 0 amide bonds. The molecule has 0 bridgehead atoms. The third-order valence-corrected chi connectivity index (χ3v) is 10.2. The summed E-state index contributed by atoms with van der Waals surface area (Å²) in [6, 6.07) is 71.5. The number of rotatable bonds is 6. The molecule has 0 aliphatic heterocycles. The summed E-state index contributed by atoms with van der Waals surface area (Å²) >= 11 is 0. The number of fused-ring (bicyclic) bond motifs is 7. The molecule has 1 aromatic heterocycles. The number of hydrogen-bond donors (Lipinski definition) is 0. The van der Waals surface area contributed by atoms with Crippen LogP contribution >= 0.6 is 0 Å². The van der Waals surface area contributed by atoms with Gasteiger partial charge in [-0.15, -0.1) is 0 Å². The molecule has 10 rings (SSSR count). The quantitative estimate of drug-likeness (QED) is 0.165. The molecule has 0 aliphatic rings. The fourth-order valence-electron chi connectivity index (χ4n) is 7.72. The molecule has 0 unspecified atom stereocenters. The van der Waals surface area contributed by atoms with Crippen LogP contribution in [-0.2, 0) is 0 Å². The normalized spacial score (nSPS) is 11.5. The van der Waals surface area contributed by atoms with Crippen LogP contribution in [0.15, 0.2) is 205 Å². The van der Waals surface area contributed by atoms with Crippen LogP contribution in [0, 0.1) is 0 Å². The van der Waals surface area contributed by atoms with Gasteiger partial charge in [-0.3, -0.25) is 0 Å². The second-order valence-electron chi connectivity index (χ2n) is 13.3. The van der Waals surface area contributed by atoms with Crippen molar-refractivity contribution >= 4 is 60.5 Å². The molecule has 0 saturated carbocycles. The maximum absolute atomic E-state index is 6.88. The number of anilines is 3. The van der Waals surface area contributed by atoms with Crippen LogP contribution in [0.5, 0.6) is 0 Å². The van der Waals surface area contributed by atoms with Gasteiger partial charge in [0.25, 0.3) is 0 Å². The van der Waals surface area contributed by atoms with Crippen molar-refractivity contribution in [3.8, 4) is 33.4 Å². The Labute approximate surface area is 302 Å². The van der Waals surface area contributed by atoms with Gasteiger partial charge in [0.15, 0.2) is 0 Å². The SMILES string of the molecule is c1ccc(-c2cc(-c3ccccc3)cc(N(c3ccccc3)c3ccc(-c4cccc5c4oc4c5ccc5ccc6ccccc6c54)cc3)c2)cc1. The Morgan fingerprint density at radius 3 is 1.58 bits per heavy atom. The van der Waals surface area contributed by atoms with Gasteiger partial charge >= 0.3 is 0 Å². The van der Waals surface area contributed by atoms with Gasteiger partial charge in [-0.2, -0.15) is 0 Å². The summed E-state index contributed by atoms with van der Waals surface area (Å²) in [6.45, 7) is 0. The van der Waals surface area contributed by atoms with Crippen molar-refractivity contribution in [3.63, 3.8) is 0 Å². The molecule has 0 atom stereocenters. The van der Waals surface area contributed by atoms with E-state index in [0.717, 1.165) is 50.1 Å². The summed E-state index contributed by atoms with van der Waals surface area (Å²) in [5.74, 6) is 0. The molecule has 52 heavy (non-hydrogen) atoms. The first kappa shape index (κ1) is 30.0. The highest BCUT2D eigenvalue weighted by molar-refractivity contribution is 6.24. The lowest BCUT2D eigenvalue weighted by molar-refractivity contribution is 0.674. The van der Waals surface area contributed by atoms with E-state index >= 15 is 0 Å². The minimum atomic E-state index is 0.911. The zero-order valence-electron chi connectivity index (χ0n) is 28.4. The van der Waals surface area contributed by atoms with Gasteiger partial charge in [-0.1, -0.05) is 152 Å². The average molecular weight is 664 g/mol. The van der Waals surface area contributed by atoms with Crippen LogP contribution in [0.2, 0.25) is 0 Å². The lowest BCUT2D eigenvalue weighted by Gasteiger charge is -2.27. The molecule has 9 aromatic carbocycles. The van der Waals surface area contributed by atoms with Crippen molar-refractivity contribution < 1.29 is 4.42 Å². The van der Waals surface area contributed by atoms with E-state index in [0.29, 0.717) is 0 Å². The highest BCUT2D eigenvalue weighted by Crippen LogP contribution is 2.43. The van der Waals surface area contributed by atoms with Gasteiger partial charge < -0.3 is 9.32 Å². The second kappa shape index (κ2) is 12.5. The Balaban J connectivity index is 1.12. The van der Waals surface area contributed by atoms with E-state index in [2.05, 4.69) is 205 Å². The number of benzene rings is 9. The smallest absolute Gasteiger partial charge is 0.143 e. The van der Waals surface area contributed by atoms with E-state index in [1.54, 1.807) is 0 Å². The Morgan fingerprint density at radius 2 is 0.865 bits per heavy atom.